The van der Waals surface area contributed by atoms with E-state index < -0.39 is 0 Å². The number of aliphatic hydroxyl groups excluding tert-OH is 1. The summed E-state index contributed by atoms with van der Waals surface area (Å²) in [7, 11) is 0. The molecule has 0 aliphatic carbocycles. The largest absolute Gasteiger partial charge is 0.396 e. The molecule has 0 aliphatic heterocycles. The lowest BCUT2D eigenvalue weighted by molar-refractivity contribution is 0.269. The van der Waals surface area contributed by atoms with Gasteiger partial charge in [0.05, 0.1) is 11.6 Å². The maximum Gasteiger partial charge on any atom is 0.0953 e. The zero-order valence-electron chi connectivity index (χ0n) is 8.03. The van der Waals surface area contributed by atoms with Crippen molar-refractivity contribution in [3.8, 4) is 0 Å². The minimum Gasteiger partial charge on any atom is -0.396 e. The van der Waals surface area contributed by atoms with Crippen molar-refractivity contribution in [2.24, 2.45) is 5.73 Å². The molecule has 0 spiro atoms. The zero-order valence-corrected chi connectivity index (χ0v) is 8.84. The number of hydrogen-bond acceptors (Lipinski definition) is 4. The minimum absolute atomic E-state index is 0.0602. The van der Waals surface area contributed by atoms with E-state index in [-0.39, 0.29) is 12.5 Å². The monoisotopic (exact) mass is 200 g/mol. The van der Waals surface area contributed by atoms with Crippen LogP contribution in [-0.4, -0.2) is 23.2 Å². The molecule has 0 bridgehead atoms. The summed E-state index contributed by atoms with van der Waals surface area (Å²) < 4.78 is 0. The van der Waals surface area contributed by atoms with Crippen molar-refractivity contribution in [1.82, 2.24) is 4.98 Å². The van der Waals surface area contributed by atoms with Crippen LogP contribution >= 0.6 is 11.3 Å². The van der Waals surface area contributed by atoms with Gasteiger partial charge in [-0.2, -0.15) is 0 Å². The highest BCUT2D eigenvalue weighted by molar-refractivity contribution is 7.11. The third kappa shape index (κ3) is 2.49. The second kappa shape index (κ2) is 4.69. The van der Waals surface area contributed by atoms with E-state index in [0.29, 0.717) is 12.5 Å². The van der Waals surface area contributed by atoms with Crippen LogP contribution in [0.25, 0.3) is 0 Å². The number of aromatic nitrogens is 1. The Bertz CT molecular complexity index is 256. The number of thiazole rings is 1. The molecular formula is C9H16N2OS. The average molecular weight is 200 g/mol. The number of nitrogens with two attached hydrogens (primary N) is 1. The van der Waals surface area contributed by atoms with Gasteiger partial charge in [0, 0.05) is 29.5 Å². The van der Waals surface area contributed by atoms with Gasteiger partial charge in [-0.15, -0.1) is 11.3 Å². The fourth-order valence-electron chi connectivity index (χ4n) is 1.04. The first kappa shape index (κ1) is 10.6. The molecule has 0 radical (unpaired) electrons. The minimum atomic E-state index is 0.0602. The summed E-state index contributed by atoms with van der Waals surface area (Å²) in [6, 6.07) is 0. The molecule has 4 heteroatoms. The molecule has 74 valence electrons. The quantitative estimate of drug-likeness (QED) is 0.770. The van der Waals surface area contributed by atoms with E-state index in [1.54, 1.807) is 11.3 Å². The SMILES string of the molecule is CC(C)c1ncc(C(CN)CO)s1. The number of rotatable bonds is 4. The molecule has 0 amide bonds. The first-order chi connectivity index (χ1) is 6.19. The molecule has 1 aromatic heterocycles. The van der Waals surface area contributed by atoms with Crippen LogP contribution in [0.1, 0.15) is 35.6 Å². The second-order valence-electron chi connectivity index (χ2n) is 3.37. The zero-order chi connectivity index (χ0) is 9.84. The molecule has 1 aromatic rings. The first-order valence-electron chi connectivity index (χ1n) is 4.45. The van der Waals surface area contributed by atoms with Gasteiger partial charge in [-0.1, -0.05) is 13.8 Å². The van der Waals surface area contributed by atoms with Crippen molar-refractivity contribution < 1.29 is 5.11 Å². The van der Waals surface area contributed by atoms with Gasteiger partial charge in [-0.05, 0) is 0 Å². The Balaban J connectivity index is 2.78. The molecule has 13 heavy (non-hydrogen) atoms. The van der Waals surface area contributed by atoms with Gasteiger partial charge < -0.3 is 10.8 Å². The molecule has 3 nitrogen and oxygen atoms in total. The third-order valence-electron chi connectivity index (χ3n) is 1.94. The predicted octanol–water partition coefficient (Wildman–Crippen LogP) is 1.30. The summed E-state index contributed by atoms with van der Waals surface area (Å²) >= 11 is 1.65. The fraction of sp³-hybridized carbons (Fsp3) is 0.667. The lowest BCUT2D eigenvalue weighted by Crippen LogP contribution is -2.14. The van der Waals surface area contributed by atoms with Gasteiger partial charge in [0.25, 0.3) is 0 Å². The van der Waals surface area contributed by atoms with Crippen LogP contribution in [0.2, 0.25) is 0 Å². The van der Waals surface area contributed by atoms with Crippen molar-refractivity contribution >= 4 is 11.3 Å². The topological polar surface area (TPSA) is 59.1 Å². The maximum absolute atomic E-state index is 9.03. The Morgan fingerprint density at radius 1 is 1.62 bits per heavy atom. The summed E-state index contributed by atoms with van der Waals surface area (Å²) in [4.78, 5) is 5.38. The Morgan fingerprint density at radius 2 is 2.31 bits per heavy atom. The summed E-state index contributed by atoms with van der Waals surface area (Å²) in [6.45, 7) is 4.81. The van der Waals surface area contributed by atoms with Gasteiger partial charge in [0.1, 0.15) is 0 Å². The number of nitrogens with zero attached hydrogens (tertiary/aromatic N) is 1. The van der Waals surface area contributed by atoms with Crippen molar-refractivity contribution in [2.75, 3.05) is 13.2 Å². The summed E-state index contributed by atoms with van der Waals surface area (Å²) in [5, 5.41) is 10.1. The normalized spacial score (nSPS) is 13.6. The summed E-state index contributed by atoms with van der Waals surface area (Å²) in [5.41, 5.74) is 5.52. The highest BCUT2D eigenvalue weighted by Crippen LogP contribution is 2.26. The molecule has 1 atom stereocenters. The molecular weight excluding hydrogens is 184 g/mol. The lowest BCUT2D eigenvalue weighted by atomic mass is 10.1. The van der Waals surface area contributed by atoms with Crippen LogP contribution < -0.4 is 5.73 Å². The Morgan fingerprint density at radius 3 is 2.69 bits per heavy atom. The molecule has 1 rings (SSSR count). The van der Waals surface area contributed by atoms with Crippen LogP contribution in [0.15, 0.2) is 6.20 Å². The van der Waals surface area contributed by atoms with Gasteiger partial charge in [0.15, 0.2) is 0 Å². The molecule has 1 heterocycles. The molecule has 0 fully saturated rings. The van der Waals surface area contributed by atoms with E-state index in [0.717, 1.165) is 9.88 Å². The van der Waals surface area contributed by atoms with Crippen LogP contribution in [0, 0.1) is 0 Å². The molecule has 0 aromatic carbocycles. The summed E-state index contributed by atoms with van der Waals surface area (Å²) in [5.74, 6) is 0.515. The highest BCUT2D eigenvalue weighted by Gasteiger charge is 2.13. The van der Waals surface area contributed by atoms with Gasteiger partial charge in [-0.3, -0.25) is 0 Å². The predicted molar refractivity (Wildman–Crippen MR) is 55.1 cm³/mol. The standard InChI is InChI=1S/C9H16N2OS/c1-6(2)9-11-4-8(13-9)7(3-10)5-12/h4,6-7,12H,3,5,10H2,1-2H3. The smallest absolute Gasteiger partial charge is 0.0953 e. The van der Waals surface area contributed by atoms with Crippen molar-refractivity contribution in [3.05, 3.63) is 16.1 Å². The van der Waals surface area contributed by atoms with E-state index in [4.69, 9.17) is 10.8 Å². The molecule has 3 N–H and O–H groups in total. The lowest BCUT2D eigenvalue weighted by Gasteiger charge is -2.06. The van der Waals surface area contributed by atoms with Gasteiger partial charge in [0.2, 0.25) is 0 Å². The Hall–Kier alpha value is -0.450. The van der Waals surface area contributed by atoms with Gasteiger partial charge in [-0.25, -0.2) is 4.98 Å². The van der Waals surface area contributed by atoms with E-state index in [1.807, 2.05) is 6.20 Å². The fourth-order valence-corrected chi connectivity index (χ4v) is 2.06. The van der Waals surface area contributed by atoms with E-state index in [2.05, 4.69) is 18.8 Å². The number of aliphatic hydroxyl groups is 1. The molecule has 0 saturated heterocycles. The van der Waals surface area contributed by atoms with Gasteiger partial charge >= 0.3 is 0 Å². The van der Waals surface area contributed by atoms with Crippen LogP contribution in [-0.2, 0) is 0 Å². The van der Waals surface area contributed by atoms with Crippen LogP contribution in [0.5, 0.6) is 0 Å². The van der Waals surface area contributed by atoms with E-state index >= 15 is 0 Å². The highest BCUT2D eigenvalue weighted by atomic mass is 32.1. The maximum atomic E-state index is 9.03. The van der Waals surface area contributed by atoms with E-state index in [9.17, 15) is 0 Å². The van der Waals surface area contributed by atoms with Crippen LogP contribution in [0.4, 0.5) is 0 Å². The molecule has 0 saturated carbocycles. The van der Waals surface area contributed by atoms with E-state index in [1.165, 1.54) is 0 Å². The van der Waals surface area contributed by atoms with Crippen molar-refractivity contribution in [1.29, 1.82) is 0 Å². The summed E-state index contributed by atoms with van der Waals surface area (Å²) in [6.07, 6.45) is 1.83. The molecule has 1 unspecified atom stereocenters. The van der Waals surface area contributed by atoms with Crippen LogP contribution in [0.3, 0.4) is 0 Å². The average Bonchev–Trinajstić information content (AvgIpc) is 2.56. The number of hydrogen-bond donors (Lipinski definition) is 2. The Kier molecular flexibility index (Phi) is 3.84. The first-order valence-corrected chi connectivity index (χ1v) is 5.27. The third-order valence-corrected chi connectivity index (χ3v) is 3.40. The van der Waals surface area contributed by atoms with Crippen molar-refractivity contribution in [3.63, 3.8) is 0 Å². The van der Waals surface area contributed by atoms with Crippen molar-refractivity contribution in [2.45, 2.75) is 25.7 Å². The second-order valence-corrected chi connectivity index (χ2v) is 4.46. The molecule has 0 aliphatic rings. The Labute approximate surface area is 82.6 Å².